The van der Waals surface area contributed by atoms with Gasteiger partial charge in [0.25, 0.3) is 5.56 Å². The van der Waals surface area contributed by atoms with Crippen molar-refractivity contribution in [3.63, 3.8) is 0 Å². The molecule has 0 spiro atoms. The minimum Gasteiger partial charge on any atom is -0.312 e. The predicted molar refractivity (Wildman–Crippen MR) is 58.7 cm³/mol. The van der Waals surface area contributed by atoms with Crippen LogP contribution in [0.15, 0.2) is 23.1 Å². The zero-order chi connectivity index (χ0) is 10.7. The van der Waals surface area contributed by atoms with Gasteiger partial charge in [-0.25, -0.2) is 4.68 Å². The lowest BCUT2D eigenvalue weighted by atomic mass is 10.2. The Morgan fingerprint density at radius 2 is 2.47 bits per heavy atom. The fourth-order valence-corrected chi connectivity index (χ4v) is 1.72. The average molecular weight is 207 g/mol. The second kappa shape index (κ2) is 4.57. The molecule has 15 heavy (non-hydrogen) atoms. The third-order valence-electron chi connectivity index (χ3n) is 2.90. The van der Waals surface area contributed by atoms with Crippen LogP contribution in [0.4, 0.5) is 0 Å². The zero-order valence-electron chi connectivity index (χ0n) is 9.02. The number of nitrogens with zero attached hydrogens (tertiary/aromatic N) is 2. The average Bonchev–Trinajstić information content (AvgIpc) is 3.04. The number of hydrogen-bond acceptors (Lipinski definition) is 3. The van der Waals surface area contributed by atoms with Crippen LogP contribution in [-0.2, 0) is 6.54 Å². The molecule has 1 aliphatic carbocycles. The number of nitrogens with one attached hydrogen (secondary N) is 1. The highest BCUT2D eigenvalue weighted by atomic mass is 16.1. The largest absolute Gasteiger partial charge is 0.312 e. The monoisotopic (exact) mass is 207 g/mol. The van der Waals surface area contributed by atoms with Crippen LogP contribution in [0.25, 0.3) is 0 Å². The van der Waals surface area contributed by atoms with Crippen molar-refractivity contribution in [2.45, 2.75) is 32.4 Å². The van der Waals surface area contributed by atoms with Gasteiger partial charge in [0.2, 0.25) is 0 Å². The summed E-state index contributed by atoms with van der Waals surface area (Å²) in [7, 11) is 0. The molecule has 1 fully saturated rings. The minimum atomic E-state index is -0.0293. The van der Waals surface area contributed by atoms with E-state index in [1.807, 2.05) is 0 Å². The van der Waals surface area contributed by atoms with Crippen molar-refractivity contribution in [1.29, 1.82) is 0 Å². The first kappa shape index (κ1) is 10.4. The van der Waals surface area contributed by atoms with Crippen molar-refractivity contribution in [2.75, 3.05) is 6.54 Å². The highest BCUT2D eigenvalue weighted by molar-refractivity contribution is 4.85. The predicted octanol–water partition coefficient (Wildman–Crippen LogP) is 0.631. The lowest BCUT2D eigenvalue weighted by Crippen LogP contribution is -2.33. The Morgan fingerprint density at radius 1 is 1.67 bits per heavy atom. The fourth-order valence-electron chi connectivity index (χ4n) is 1.72. The van der Waals surface area contributed by atoms with Crippen molar-refractivity contribution in [3.05, 3.63) is 28.7 Å². The van der Waals surface area contributed by atoms with Gasteiger partial charge >= 0.3 is 0 Å². The molecule has 1 aromatic heterocycles. The van der Waals surface area contributed by atoms with Crippen molar-refractivity contribution in [2.24, 2.45) is 5.92 Å². The molecule has 1 atom stereocenters. The van der Waals surface area contributed by atoms with Crippen LogP contribution in [0.3, 0.4) is 0 Å². The highest BCUT2D eigenvalue weighted by Crippen LogP contribution is 2.32. The van der Waals surface area contributed by atoms with Crippen molar-refractivity contribution in [3.8, 4) is 0 Å². The van der Waals surface area contributed by atoms with Gasteiger partial charge in [0.05, 0.1) is 6.54 Å². The van der Waals surface area contributed by atoms with Crippen LogP contribution < -0.4 is 10.9 Å². The summed E-state index contributed by atoms with van der Waals surface area (Å²) >= 11 is 0. The molecule has 0 bridgehead atoms. The Morgan fingerprint density at radius 3 is 3.13 bits per heavy atom. The summed E-state index contributed by atoms with van der Waals surface area (Å²) < 4.78 is 1.49. The van der Waals surface area contributed by atoms with Crippen LogP contribution in [-0.4, -0.2) is 22.4 Å². The van der Waals surface area contributed by atoms with E-state index in [2.05, 4.69) is 17.3 Å². The number of aromatic nitrogens is 2. The first-order chi connectivity index (χ1) is 7.27. The Labute approximate surface area is 89.3 Å². The summed E-state index contributed by atoms with van der Waals surface area (Å²) in [6, 6.07) is 3.78. The normalized spacial score (nSPS) is 17.7. The first-order valence-electron chi connectivity index (χ1n) is 5.53. The molecule has 0 radical (unpaired) electrons. The number of hydrogen-bond donors (Lipinski definition) is 1. The number of rotatable bonds is 5. The summed E-state index contributed by atoms with van der Waals surface area (Å²) in [5.41, 5.74) is -0.0293. The van der Waals surface area contributed by atoms with Gasteiger partial charge in [-0.15, -0.1) is 0 Å². The molecule has 1 unspecified atom stereocenters. The Hall–Kier alpha value is -1.16. The second-order valence-electron chi connectivity index (χ2n) is 4.17. The molecule has 2 rings (SSSR count). The van der Waals surface area contributed by atoms with Crippen LogP contribution in [0.1, 0.15) is 19.8 Å². The summed E-state index contributed by atoms with van der Waals surface area (Å²) in [4.78, 5) is 11.3. The van der Waals surface area contributed by atoms with Crippen LogP contribution >= 0.6 is 0 Å². The molecule has 82 valence electrons. The third-order valence-corrected chi connectivity index (χ3v) is 2.90. The van der Waals surface area contributed by atoms with E-state index in [1.165, 1.54) is 23.6 Å². The summed E-state index contributed by atoms with van der Waals surface area (Å²) in [5, 5.41) is 7.42. The van der Waals surface area contributed by atoms with E-state index in [9.17, 15) is 4.79 Å². The fraction of sp³-hybridized carbons (Fsp3) is 0.636. The molecule has 1 heterocycles. The Bertz CT molecular complexity index is 370. The van der Waals surface area contributed by atoms with Gasteiger partial charge in [-0.05, 0) is 31.7 Å². The lowest BCUT2D eigenvalue weighted by Gasteiger charge is -2.12. The molecule has 4 nitrogen and oxygen atoms in total. The molecular formula is C11H17N3O. The minimum absolute atomic E-state index is 0.0293. The van der Waals surface area contributed by atoms with Crippen molar-refractivity contribution >= 4 is 0 Å². The summed E-state index contributed by atoms with van der Waals surface area (Å²) in [6.45, 7) is 3.67. The highest BCUT2D eigenvalue weighted by Gasteiger charge is 2.27. The van der Waals surface area contributed by atoms with Crippen LogP contribution in [0.5, 0.6) is 0 Å². The van der Waals surface area contributed by atoms with E-state index >= 15 is 0 Å². The molecule has 0 aromatic carbocycles. The maximum Gasteiger partial charge on any atom is 0.266 e. The van der Waals surface area contributed by atoms with Gasteiger partial charge in [-0.2, -0.15) is 5.10 Å². The molecule has 4 heteroatoms. The smallest absolute Gasteiger partial charge is 0.266 e. The molecule has 1 N–H and O–H groups in total. The van der Waals surface area contributed by atoms with Crippen LogP contribution in [0.2, 0.25) is 0 Å². The van der Waals surface area contributed by atoms with E-state index in [-0.39, 0.29) is 5.56 Å². The molecule has 0 aliphatic heterocycles. The van der Waals surface area contributed by atoms with E-state index < -0.39 is 0 Å². The van der Waals surface area contributed by atoms with Crippen molar-refractivity contribution < 1.29 is 0 Å². The van der Waals surface area contributed by atoms with Gasteiger partial charge in [0, 0.05) is 24.8 Å². The second-order valence-corrected chi connectivity index (χ2v) is 4.17. The van der Waals surface area contributed by atoms with Crippen molar-refractivity contribution in [1.82, 2.24) is 15.1 Å². The molecule has 0 amide bonds. The molecule has 1 aromatic rings. The quantitative estimate of drug-likeness (QED) is 0.770. The first-order valence-corrected chi connectivity index (χ1v) is 5.53. The van der Waals surface area contributed by atoms with E-state index in [0.717, 1.165) is 12.5 Å². The lowest BCUT2D eigenvalue weighted by molar-refractivity contribution is 0.455. The molecule has 1 saturated carbocycles. The van der Waals surface area contributed by atoms with Gasteiger partial charge in [0.15, 0.2) is 0 Å². The van der Waals surface area contributed by atoms with E-state index in [0.29, 0.717) is 12.6 Å². The van der Waals surface area contributed by atoms with Gasteiger partial charge in [0.1, 0.15) is 0 Å². The zero-order valence-corrected chi connectivity index (χ0v) is 9.02. The van der Waals surface area contributed by atoms with Gasteiger partial charge in [-0.3, -0.25) is 4.79 Å². The van der Waals surface area contributed by atoms with Gasteiger partial charge in [-0.1, -0.05) is 0 Å². The standard InChI is InChI=1S/C11H17N3O/c1-9(10-4-5-10)12-7-8-14-11(15)3-2-6-13-14/h2-3,6,9-10,12H,4-5,7-8H2,1H3. The summed E-state index contributed by atoms with van der Waals surface area (Å²) in [5.74, 6) is 0.852. The van der Waals surface area contributed by atoms with Gasteiger partial charge < -0.3 is 5.32 Å². The molecule has 1 aliphatic rings. The topological polar surface area (TPSA) is 46.9 Å². The Balaban J connectivity index is 1.78. The van der Waals surface area contributed by atoms with E-state index in [1.54, 1.807) is 12.3 Å². The maximum atomic E-state index is 11.3. The SMILES string of the molecule is CC(NCCn1ncccc1=O)C1CC1. The van der Waals surface area contributed by atoms with E-state index in [4.69, 9.17) is 0 Å². The third kappa shape index (κ3) is 2.89. The maximum absolute atomic E-state index is 11.3. The molecular weight excluding hydrogens is 190 g/mol. The Kier molecular flexibility index (Phi) is 3.16. The summed E-state index contributed by atoms with van der Waals surface area (Å²) in [6.07, 6.45) is 4.33. The van der Waals surface area contributed by atoms with Crippen LogP contribution in [0, 0.1) is 5.92 Å². The molecule has 0 saturated heterocycles.